The van der Waals surface area contributed by atoms with Crippen molar-refractivity contribution in [2.45, 2.75) is 0 Å². The second-order valence-corrected chi connectivity index (χ2v) is 0. The van der Waals surface area contributed by atoms with Crippen LogP contribution in [0.3, 0.4) is 0 Å². The summed E-state index contributed by atoms with van der Waals surface area (Å²) < 4.78 is 30.0. The van der Waals surface area contributed by atoms with Gasteiger partial charge in [-0.15, -0.1) is 0 Å². The minimum atomic E-state index is 0. The van der Waals surface area contributed by atoms with E-state index in [1.54, 1.807) is 0 Å². The van der Waals surface area contributed by atoms with Gasteiger partial charge in [0.1, 0.15) is 0 Å². The molecule has 8 heteroatoms. The minimum Gasteiger partial charge on any atom is 0 e. The normalized spacial score (nSPS) is 1.17. The van der Waals surface area contributed by atoms with E-state index in [0.29, 0.717) is 0 Å². The van der Waals surface area contributed by atoms with E-state index < -0.39 is 0 Å². The molecule has 0 aliphatic rings. The monoisotopic (exact) mass is 388 g/mol. The van der Waals surface area contributed by atoms with Gasteiger partial charge in [-0.25, -0.2) is 0 Å². The fourth-order valence-electron chi connectivity index (χ4n) is 0. The summed E-state index contributed by atoms with van der Waals surface area (Å²) >= 11 is 0. The van der Waals surface area contributed by atoms with Crippen LogP contribution in [0.1, 0.15) is 0 Å². The zero-order chi connectivity index (χ0) is 10.0. The van der Waals surface area contributed by atoms with Crippen LogP contribution < -0.4 is 0 Å². The van der Waals surface area contributed by atoms with Gasteiger partial charge in [-0.1, -0.05) is 0 Å². The number of halogens is 2. The Hall–Kier alpha value is 0.787. The summed E-state index contributed by atoms with van der Waals surface area (Å²) in [5, 5.41) is 0. The summed E-state index contributed by atoms with van der Waals surface area (Å²) in [6, 6.07) is 0. The Balaban J connectivity index is -0.00000000500. The topological polar surface area (TPSA) is 79.6 Å². The van der Waals surface area contributed by atoms with Crippen LogP contribution in [0.25, 0.3) is 0 Å². The molecule has 0 spiro atoms. The van der Waals surface area contributed by atoms with Gasteiger partial charge in [0, 0.05) is 60.7 Å². The standard InChI is InChI=1S/4CO.Cl2.2Rh/c5*1-2;;. The van der Waals surface area contributed by atoms with Crippen LogP contribution >= 0.6 is 21.7 Å². The first kappa shape index (κ1) is 53.0. The van der Waals surface area contributed by atoms with Crippen LogP contribution in [0.4, 0.5) is 0 Å². The molecule has 0 saturated heterocycles. The average Bonchev–Trinajstić information content (AvgIpc) is 2.20. The van der Waals surface area contributed by atoms with Crippen molar-refractivity contribution in [1.82, 2.24) is 0 Å². The van der Waals surface area contributed by atoms with Gasteiger partial charge in [0.05, 0.1) is 0 Å². The number of rotatable bonds is 0. The molecule has 0 amide bonds. The summed E-state index contributed by atoms with van der Waals surface area (Å²) in [5.74, 6) is 0. The molecule has 0 aliphatic heterocycles. The van der Waals surface area contributed by atoms with E-state index in [1.807, 2.05) is 0 Å². The minimum absolute atomic E-state index is 0. The van der Waals surface area contributed by atoms with Gasteiger partial charge in [-0.05, 0) is 0 Å². The summed E-state index contributed by atoms with van der Waals surface area (Å²) in [5.41, 5.74) is 0. The van der Waals surface area contributed by atoms with Crippen molar-refractivity contribution >= 4 is 21.7 Å². The third-order valence-corrected chi connectivity index (χ3v) is 0. The number of hydrogen-bond acceptors (Lipinski definition) is 0. The molecule has 0 aliphatic carbocycles. The van der Waals surface area contributed by atoms with Crippen LogP contribution in [0.2, 0.25) is 0 Å². The first-order valence-corrected chi connectivity index (χ1v) is 2.10. The molecular formula is C4Cl2O4Rh2. The van der Waals surface area contributed by atoms with Crippen molar-refractivity contribution in [3.8, 4) is 0 Å². The quantitative estimate of drug-likeness (QED) is 0.340. The van der Waals surface area contributed by atoms with E-state index in [-0.39, 0.29) is 39.0 Å². The molecule has 0 N–H and O–H groups in total. The van der Waals surface area contributed by atoms with Crippen molar-refractivity contribution in [2.24, 2.45) is 0 Å². The summed E-state index contributed by atoms with van der Waals surface area (Å²) in [6.07, 6.45) is 0. The van der Waals surface area contributed by atoms with Gasteiger partial charge in [0.25, 0.3) is 0 Å². The maximum absolute atomic E-state index is 7.50. The predicted octanol–water partition coefficient (Wildman–Crippen LogP) is 1.22. The Morgan fingerprint density at radius 2 is 0.500 bits per heavy atom. The summed E-state index contributed by atoms with van der Waals surface area (Å²) in [4.78, 5) is 0. The molecule has 0 saturated carbocycles. The molecule has 0 atom stereocenters. The molecule has 72 valence electrons. The Morgan fingerprint density at radius 3 is 0.500 bits per heavy atom. The van der Waals surface area contributed by atoms with Crippen molar-refractivity contribution in [2.75, 3.05) is 0 Å². The fourth-order valence-corrected chi connectivity index (χ4v) is 0. The molecular weight excluding hydrogens is 389 g/mol. The van der Waals surface area contributed by atoms with Crippen LogP contribution in [-0.2, 0) is 57.6 Å². The molecule has 0 heterocycles. The maximum atomic E-state index is 7.50. The van der Waals surface area contributed by atoms with Crippen molar-refractivity contribution in [1.29, 1.82) is 0 Å². The van der Waals surface area contributed by atoms with Crippen molar-refractivity contribution < 1.29 is 57.6 Å². The Bertz CT molecular complexity index is 66.0. The zero-order valence-electron chi connectivity index (χ0n) is 5.06. The Morgan fingerprint density at radius 1 is 0.500 bits per heavy atom. The molecule has 0 rings (SSSR count). The largest absolute Gasteiger partial charge is 0 e. The van der Waals surface area contributed by atoms with E-state index in [2.05, 4.69) is 48.3 Å². The van der Waals surface area contributed by atoms with Gasteiger partial charge >= 0.3 is 45.2 Å². The SMILES string of the molecule is ClCl.[C-]#[O+].[C-]#[O+].[C-]#[O+].[C-]#[O+].[Rh].[Rh]. The van der Waals surface area contributed by atoms with E-state index in [1.165, 1.54) is 0 Å². The Kier molecular flexibility index (Phi) is 9790. The molecule has 12 heavy (non-hydrogen) atoms. The zero-order valence-corrected chi connectivity index (χ0v) is 9.84. The van der Waals surface area contributed by atoms with Crippen molar-refractivity contribution in [3.63, 3.8) is 0 Å². The van der Waals surface area contributed by atoms with Crippen LogP contribution in [0.15, 0.2) is 0 Å². The van der Waals surface area contributed by atoms with Gasteiger partial charge < -0.3 is 0 Å². The number of hydrogen-bond donors (Lipinski definition) is 0. The maximum Gasteiger partial charge on any atom is 0 e. The molecule has 0 aromatic rings. The molecule has 0 aromatic heterocycles. The van der Waals surface area contributed by atoms with E-state index in [0.717, 1.165) is 0 Å². The average molecular weight is 389 g/mol. The van der Waals surface area contributed by atoms with Crippen LogP contribution in [-0.4, -0.2) is 0 Å². The smallest absolute Gasteiger partial charge is 0 e. The second-order valence-electron chi connectivity index (χ2n) is 0. The summed E-state index contributed by atoms with van der Waals surface area (Å²) in [7, 11) is 8.22. The molecule has 0 bridgehead atoms. The van der Waals surface area contributed by atoms with Crippen molar-refractivity contribution in [3.05, 3.63) is 26.6 Å². The van der Waals surface area contributed by atoms with Gasteiger partial charge in [0.15, 0.2) is 0 Å². The van der Waals surface area contributed by atoms with E-state index >= 15 is 0 Å². The molecule has 0 aromatic carbocycles. The van der Waals surface area contributed by atoms with Gasteiger partial charge in [-0.3, -0.25) is 0 Å². The second kappa shape index (κ2) is 2220. The van der Waals surface area contributed by atoms with Gasteiger partial charge in [0.2, 0.25) is 0 Å². The Labute approximate surface area is 105 Å². The molecule has 0 fully saturated rings. The predicted molar refractivity (Wildman–Crippen MR) is 27.4 cm³/mol. The van der Waals surface area contributed by atoms with Crippen LogP contribution in [0, 0.1) is 26.6 Å². The molecule has 0 unspecified atom stereocenters. The van der Waals surface area contributed by atoms with Crippen LogP contribution in [0.5, 0.6) is 0 Å². The first-order valence-electron chi connectivity index (χ1n) is 0.959. The summed E-state index contributed by atoms with van der Waals surface area (Å²) in [6.45, 7) is 18.0. The third kappa shape index (κ3) is 1670. The first-order chi connectivity index (χ1) is 5.00. The molecule has 4 nitrogen and oxygen atoms in total. The van der Waals surface area contributed by atoms with E-state index in [9.17, 15) is 0 Å². The third-order valence-electron chi connectivity index (χ3n) is 0. The molecule has 2 radical (unpaired) electrons. The van der Waals surface area contributed by atoms with E-state index in [4.69, 9.17) is 18.6 Å². The fraction of sp³-hybridized carbons (Fsp3) is 0. The van der Waals surface area contributed by atoms with Gasteiger partial charge in [-0.2, -0.15) is 0 Å².